The quantitative estimate of drug-likeness (QED) is 0.187. The second-order valence-electron chi connectivity index (χ2n) is 16.6. The molecule has 12 nitrogen and oxygen atoms in total. The molecule has 7 rings (SSSR count). The van der Waals surface area contributed by atoms with Gasteiger partial charge in [-0.1, -0.05) is 6.07 Å². The van der Waals surface area contributed by atoms with Gasteiger partial charge in [0.15, 0.2) is 11.5 Å². The summed E-state index contributed by atoms with van der Waals surface area (Å²) < 4.78 is 115. The summed E-state index contributed by atoms with van der Waals surface area (Å²) in [4.78, 5) is 37.7. The molecule has 0 radical (unpaired) electrons. The number of carbonyl (C=O) groups excluding carboxylic acids is 2. The zero-order valence-electron chi connectivity index (χ0n) is 32.4. The lowest BCUT2D eigenvalue weighted by Crippen LogP contribution is -2.57. The fourth-order valence-electron chi connectivity index (χ4n) is 7.53. The molecule has 2 bridgehead atoms. The molecule has 0 saturated carbocycles. The Morgan fingerprint density at radius 1 is 1.05 bits per heavy atom. The van der Waals surface area contributed by atoms with Gasteiger partial charge in [-0.2, -0.15) is 28.4 Å². The summed E-state index contributed by atoms with van der Waals surface area (Å²) >= 11 is 0.566. The minimum Gasteiger partial charge on any atom is -0.460 e. The van der Waals surface area contributed by atoms with Crippen LogP contribution in [0.15, 0.2) is 18.2 Å². The normalized spacial score (nSPS) is 21.1. The highest BCUT2D eigenvalue weighted by Crippen LogP contribution is 2.49. The topological polar surface area (TPSA) is 139 Å². The average molecular weight is 835 g/mol. The number of nitrogens with zero attached hydrogens (tertiary/aromatic N) is 5. The Balaban J connectivity index is 1.41. The number of thiophene rings is 1. The van der Waals surface area contributed by atoms with Crippen LogP contribution >= 0.6 is 11.3 Å². The highest BCUT2D eigenvalue weighted by atomic mass is 32.1. The van der Waals surface area contributed by atoms with E-state index in [1.54, 1.807) is 51.3 Å². The number of ether oxygens (including phenoxy) is 4. The predicted molar refractivity (Wildman–Crippen MR) is 202 cm³/mol. The Morgan fingerprint density at radius 2 is 1.72 bits per heavy atom. The van der Waals surface area contributed by atoms with Crippen molar-refractivity contribution in [3.05, 3.63) is 41.0 Å². The zero-order chi connectivity index (χ0) is 42.1. The van der Waals surface area contributed by atoms with Gasteiger partial charge in [0.05, 0.1) is 34.5 Å². The number of aromatic nitrogens is 2. The molecule has 2 aromatic carbocycles. The van der Waals surface area contributed by atoms with Crippen LogP contribution in [-0.4, -0.2) is 88.9 Å². The summed E-state index contributed by atoms with van der Waals surface area (Å²) in [6.07, 6.45) is -5.69. The highest BCUT2D eigenvalue weighted by molar-refractivity contribution is 7.23. The molecule has 3 fully saturated rings. The monoisotopic (exact) mass is 834 g/mol. The molecule has 1 N–H and O–H groups in total. The largest absolute Gasteiger partial charge is 0.460 e. The number of carbonyl (C=O) groups is 2. The maximum Gasteiger partial charge on any atom is 0.417 e. The number of nitriles is 1. The van der Waals surface area contributed by atoms with Crippen molar-refractivity contribution in [1.82, 2.24) is 14.9 Å². The molecule has 19 heteroatoms. The maximum atomic E-state index is 17.4. The average Bonchev–Trinajstić information content (AvgIpc) is 3.79. The summed E-state index contributed by atoms with van der Waals surface area (Å²) in [6.45, 7) is 9.35. The molecule has 0 spiro atoms. The van der Waals surface area contributed by atoms with Gasteiger partial charge in [0.2, 0.25) is 0 Å². The van der Waals surface area contributed by atoms with E-state index in [0.29, 0.717) is 30.2 Å². The summed E-state index contributed by atoms with van der Waals surface area (Å²) in [5, 5.41) is 11.6. The van der Waals surface area contributed by atoms with E-state index >= 15 is 26.3 Å². The van der Waals surface area contributed by atoms with Gasteiger partial charge >= 0.3 is 24.4 Å². The van der Waals surface area contributed by atoms with Gasteiger partial charge in [-0.3, -0.25) is 10.2 Å². The molecule has 2 amide bonds. The lowest BCUT2D eigenvalue weighted by molar-refractivity contribution is -0.137. The van der Waals surface area contributed by atoms with Gasteiger partial charge in [0.1, 0.15) is 46.0 Å². The van der Waals surface area contributed by atoms with Crippen LogP contribution in [0.5, 0.6) is 6.01 Å². The minimum absolute atomic E-state index is 0.00984. The van der Waals surface area contributed by atoms with Crippen molar-refractivity contribution in [2.24, 2.45) is 0 Å². The van der Waals surface area contributed by atoms with Crippen molar-refractivity contribution in [2.75, 3.05) is 43.1 Å². The van der Waals surface area contributed by atoms with E-state index in [1.807, 2.05) is 6.07 Å². The van der Waals surface area contributed by atoms with Gasteiger partial charge in [-0.15, -0.1) is 11.3 Å². The molecule has 3 saturated heterocycles. The molecule has 3 unspecified atom stereocenters. The van der Waals surface area contributed by atoms with E-state index in [2.05, 4.69) is 15.3 Å². The second-order valence-corrected chi connectivity index (χ2v) is 17.6. The number of anilines is 2. The number of nitrogens with one attached hydrogen (secondary N) is 1. The van der Waals surface area contributed by atoms with E-state index in [0.717, 1.165) is 12.1 Å². The SMILES string of the molecule is CC(C)(C)OC(=O)Nc1sc2c(F)ccc(-c3c(C(F)(F)F)cc4c(N5CC6CCC(C5)N6C(=O)OC(C)(C)C)nc(OCC5(F)CCOC5)nc4c3F)c2c1C#N. The van der Waals surface area contributed by atoms with Crippen molar-refractivity contribution in [3.8, 4) is 23.2 Å². The number of hydrogen-bond donors (Lipinski definition) is 1. The number of halogens is 6. The number of amides is 2. The van der Waals surface area contributed by atoms with Crippen LogP contribution in [0.2, 0.25) is 0 Å². The van der Waals surface area contributed by atoms with Crippen LogP contribution in [0.4, 0.5) is 46.8 Å². The first-order valence-corrected chi connectivity index (χ1v) is 19.3. The first kappa shape index (κ1) is 41.1. The van der Waals surface area contributed by atoms with Gasteiger partial charge in [-0.05, 0) is 72.1 Å². The Hall–Kier alpha value is -5.09. The molecule has 3 atom stereocenters. The molecule has 3 aliphatic heterocycles. The fraction of sp³-hybridized carbons (Fsp3) is 0.513. The molecule has 2 aromatic heterocycles. The van der Waals surface area contributed by atoms with E-state index < -0.39 is 99.3 Å². The molecule has 0 aliphatic carbocycles. The predicted octanol–water partition coefficient (Wildman–Crippen LogP) is 9.12. The van der Waals surface area contributed by atoms with Gasteiger partial charge < -0.3 is 23.8 Å². The second kappa shape index (κ2) is 14.6. The van der Waals surface area contributed by atoms with Gasteiger partial charge in [-0.25, -0.2) is 22.8 Å². The van der Waals surface area contributed by atoms with Crippen molar-refractivity contribution in [3.63, 3.8) is 0 Å². The summed E-state index contributed by atoms with van der Waals surface area (Å²) in [5.74, 6) is -2.59. The van der Waals surface area contributed by atoms with Gasteiger partial charge in [0, 0.05) is 42.5 Å². The third kappa shape index (κ3) is 8.00. The Bertz CT molecular complexity index is 2330. The van der Waals surface area contributed by atoms with Crippen molar-refractivity contribution in [2.45, 2.75) is 95.9 Å². The van der Waals surface area contributed by atoms with Crippen molar-refractivity contribution >= 4 is 55.3 Å². The highest BCUT2D eigenvalue weighted by Gasteiger charge is 2.46. The molecule has 3 aliphatic rings. The summed E-state index contributed by atoms with van der Waals surface area (Å²) in [7, 11) is 0. The number of hydrogen-bond acceptors (Lipinski definition) is 11. The summed E-state index contributed by atoms with van der Waals surface area (Å²) in [6, 6.07) is 2.86. The van der Waals surface area contributed by atoms with Crippen molar-refractivity contribution < 1.29 is 54.9 Å². The van der Waals surface area contributed by atoms with E-state index in [9.17, 15) is 14.9 Å². The van der Waals surface area contributed by atoms with Crippen LogP contribution in [0.3, 0.4) is 0 Å². The van der Waals surface area contributed by atoms with Crippen molar-refractivity contribution in [1.29, 1.82) is 5.26 Å². The first-order chi connectivity index (χ1) is 27.1. The smallest absolute Gasteiger partial charge is 0.417 e. The third-order valence-corrected chi connectivity index (χ3v) is 11.0. The van der Waals surface area contributed by atoms with E-state index in [-0.39, 0.29) is 59.0 Å². The Morgan fingerprint density at radius 3 is 2.31 bits per heavy atom. The first-order valence-electron chi connectivity index (χ1n) is 18.5. The number of alkyl halides is 4. The molecule has 5 heterocycles. The van der Waals surface area contributed by atoms with Crippen LogP contribution in [0, 0.1) is 23.0 Å². The van der Waals surface area contributed by atoms with Crippen LogP contribution in [0.25, 0.3) is 32.1 Å². The number of rotatable bonds is 6. The minimum atomic E-state index is -5.23. The number of benzene rings is 2. The molecular weight excluding hydrogens is 795 g/mol. The van der Waals surface area contributed by atoms with Crippen LogP contribution < -0.4 is 15.0 Å². The standard InChI is InChI=1S/C39H40F6N6O6S/c1-36(2,3)56-34(52)49-32-23(14-46)26-21(9-10-25(40)30(26)58-32)27-24(39(43,44)45)13-22-29(28(27)41)47-33(55-18-38(42)11-12-54-17-38)48-31(22)50-15-19-7-8-20(16-50)51(19)35(53)57-37(4,5)6/h9-10,13,19-20H,7-8,11-12,15-18H2,1-6H3,(H,49,52). The lowest BCUT2D eigenvalue weighted by atomic mass is 9.92. The fourth-order valence-corrected chi connectivity index (χ4v) is 8.60. The molecule has 4 aromatic rings. The van der Waals surface area contributed by atoms with Gasteiger partial charge in [0.25, 0.3) is 0 Å². The zero-order valence-corrected chi connectivity index (χ0v) is 33.2. The third-order valence-electron chi connectivity index (χ3n) is 9.88. The maximum absolute atomic E-state index is 17.4. The van der Waals surface area contributed by atoms with E-state index in [4.69, 9.17) is 18.9 Å². The van der Waals surface area contributed by atoms with E-state index in [1.165, 1.54) is 0 Å². The lowest BCUT2D eigenvalue weighted by Gasteiger charge is -2.42. The van der Waals surface area contributed by atoms with Crippen LogP contribution in [-0.2, 0) is 20.4 Å². The Kier molecular flexibility index (Phi) is 10.4. The molecule has 310 valence electrons. The number of fused-ring (bicyclic) bond motifs is 4. The molecular formula is C39H40F6N6O6S. The molecule has 58 heavy (non-hydrogen) atoms. The number of piperazine rings is 1. The summed E-state index contributed by atoms with van der Waals surface area (Å²) in [5.41, 5.74) is -7.79. The van der Waals surface area contributed by atoms with Crippen LogP contribution in [0.1, 0.15) is 71.9 Å². The Labute approximate surface area is 333 Å².